The average molecular weight is 428 g/mol. The molecule has 3 aromatic carbocycles. The highest BCUT2D eigenvalue weighted by molar-refractivity contribution is 7.89. The van der Waals surface area contributed by atoms with Gasteiger partial charge in [0.15, 0.2) is 11.5 Å². The zero-order valence-electron chi connectivity index (χ0n) is 15.8. The van der Waals surface area contributed by atoms with Crippen molar-refractivity contribution >= 4 is 22.2 Å². The number of nitrogens with one attached hydrogen (secondary N) is 1. The van der Waals surface area contributed by atoms with E-state index in [1.807, 2.05) is 0 Å². The monoisotopic (exact) mass is 428 g/mol. The minimum atomic E-state index is -3.78. The highest BCUT2D eigenvalue weighted by Gasteiger charge is 2.14. The van der Waals surface area contributed by atoms with Crippen LogP contribution >= 0.6 is 0 Å². The van der Waals surface area contributed by atoms with Crippen LogP contribution in [0.2, 0.25) is 0 Å². The van der Waals surface area contributed by atoms with Gasteiger partial charge in [0.2, 0.25) is 0 Å². The Morgan fingerprint density at radius 2 is 1.77 bits per heavy atom. The van der Waals surface area contributed by atoms with E-state index in [4.69, 9.17) is 9.47 Å². The second-order valence-electron chi connectivity index (χ2n) is 5.98. The normalized spacial score (nSPS) is 11.3. The second-order valence-corrected chi connectivity index (χ2v) is 7.64. The van der Waals surface area contributed by atoms with Gasteiger partial charge in [0.25, 0.3) is 10.0 Å². The Labute approximate surface area is 172 Å². The first kappa shape index (κ1) is 21.0. The molecule has 0 atom stereocenters. The average Bonchev–Trinajstić information content (AvgIpc) is 2.75. The first-order chi connectivity index (χ1) is 14.4. The summed E-state index contributed by atoms with van der Waals surface area (Å²) in [5.41, 5.74) is 0.547. The summed E-state index contributed by atoms with van der Waals surface area (Å²) in [5.74, 6) is -0.964. The number of hydrazone groups is 1. The maximum absolute atomic E-state index is 13.3. The SMILES string of the molecule is COc1cc(C=NNS(=O)(=O)c2ccccc2)ccc1OC(=O)c1cccc(F)c1. The van der Waals surface area contributed by atoms with Gasteiger partial charge in [-0.25, -0.2) is 14.0 Å². The molecule has 30 heavy (non-hydrogen) atoms. The van der Waals surface area contributed by atoms with Crippen molar-refractivity contribution in [2.24, 2.45) is 5.10 Å². The lowest BCUT2D eigenvalue weighted by molar-refractivity contribution is 0.0729. The Morgan fingerprint density at radius 1 is 1.00 bits per heavy atom. The van der Waals surface area contributed by atoms with Gasteiger partial charge in [-0.15, -0.1) is 0 Å². The van der Waals surface area contributed by atoms with E-state index < -0.39 is 21.8 Å². The number of halogens is 1. The molecule has 9 heteroatoms. The number of hydrogen-bond donors (Lipinski definition) is 1. The summed E-state index contributed by atoms with van der Waals surface area (Å²) in [4.78, 5) is 14.4. The van der Waals surface area contributed by atoms with Gasteiger partial charge >= 0.3 is 5.97 Å². The van der Waals surface area contributed by atoms with Crippen molar-refractivity contribution in [3.05, 3.63) is 89.7 Å². The van der Waals surface area contributed by atoms with Crippen molar-refractivity contribution in [2.45, 2.75) is 4.90 Å². The van der Waals surface area contributed by atoms with Crippen molar-refractivity contribution < 1.29 is 27.1 Å². The van der Waals surface area contributed by atoms with E-state index >= 15 is 0 Å². The van der Waals surface area contributed by atoms with Gasteiger partial charge in [0, 0.05) is 0 Å². The number of sulfonamides is 1. The molecule has 0 amide bonds. The topological polar surface area (TPSA) is 94.1 Å². The molecule has 0 aliphatic carbocycles. The summed E-state index contributed by atoms with van der Waals surface area (Å²) in [7, 11) is -2.40. The Hall–Kier alpha value is -3.72. The van der Waals surface area contributed by atoms with Gasteiger partial charge in [-0.05, 0) is 54.1 Å². The minimum absolute atomic E-state index is 0.0537. The molecule has 1 N–H and O–H groups in total. The highest BCUT2D eigenvalue weighted by atomic mass is 32.2. The summed E-state index contributed by atoms with van der Waals surface area (Å²) in [5, 5.41) is 3.75. The van der Waals surface area contributed by atoms with Crippen LogP contribution < -0.4 is 14.3 Å². The number of carbonyl (C=O) groups excluding carboxylic acids is 1. The third-order valence-electron chi connectivity index (χ3n) is 3.89. The van der Waals surface area contributed by atoms with E-state index in [1.54, 1.807) is 24.3 Å². The molecule has 7 nitrogen and oxygen atoms in total. The second kappa shape index (κ2) is 9.19. The van der Waals surface area contributed by atoms with Crippen molar-refractivity contribution in [2.75, 3.05) is 7.11 Å². The van der Waals surface area contributed by atoms with Crippen LogP contribution in [-0.4, -0.2) is 27.7 Å². The van der Waals surface area contributed by atoms with E-state index in [2.05, 4.69) is 9.93 Å². The fourth-order valence-corrected chi connectivity index (χ4v) is 3.26. The first-order valence-electron chi connectivity index (χ1n) is 8.65. The van der Waals surface area contributed by atoms with E-state index in [1.165, 1.54) is 55.8 Å². The van der Waals surface area contributed by atoms with Crippen LogP contribution in [0.25, 0.3) is 0 Å². The highest BCUT2D eigenvalue weighted by Crippen LogP contribution is 2.28. The van der Waals surface area contributed by atoms with Crippen LogP contribution in [0.1, 0.15) is 15.9 Å². The third kappa shape index (κ3) is 5.21. The Kier molecular flexibility index (Phi) is 6.43. The number of nitrogens with zero attached hydrogens (tertiary/aromatic N) is 1. The van der Waals surface area contributed by atoms with Crippen molar-refractivity contribution in [1.29, 1.82) is 0 Å². The molecule has 0 fully saturated rings. The summed E-state index contributed by atoms with van der Waals surface area (Å²) in [6.45, 7) is 0. The van der Waals surface area contributed by atoms with Crippen LogP contribution in [0.5, 0.6) is 11.5 Å². The van der Waals surface area contributed by atoms with Gasteiger partial charge in [-0.2, -0.15) is 13.5 Å². The van der Waals surface area contributed by atoms with Crippen molar-refractivity contribution in [3.8, 4) is 11.5 Å². The molecule has 0 heterocycles. The lowest BCUT2D eigenvalue weighted by Crippen LogP contribution is -2.18. The maximum Gasteiger partial charge on any atom is 0.343 e. The zero-order valence-corrected chi connectivity index (χ0v) is 16.6. The van der Waals surface area contributed by atoms with Crippen LogP contribution in [0, 0.1) is 5.82 Å². The lowest BCUT2D eigenvalue weighted by Gasteiger charge is -2.10. The van der Waals surface area contributed by atoms with Crippen molar-refractivity contribution in [1.82, 2.24) is 4.83 Å². The Balaban J connectivity index is 1.72. The molecule has 0 spiro atoms. The number of hydrogen-bond acceptors (Lipinski definition) is 6. The maximum atomic E-state index is 13.3. The Morgan fingerprint density at radius 3 is 2.47 bits per heavy atom. The quantitative estimate of drug-likeness (QED) is 0.270. The van der Waals surface area contributed by atoms with Crippen LogP contribution in [0.15, 0.2) is 82.8 Å². The number of benzene rings is 3. The number of rotatable bonds is 7. The van der Waals surface area contributed by atoms with Gasteiger partial charge in [-0.1, -0.05) is 24.3 Å². The molecule has 0 aliphatic rings. The van der Waals surface area contributed by atoms with Crippen LogP contribution in [-0.2, 0) is 10.0 Å². The minimum Gasteiger partial charge on any atom is -0.493 e. The van der Waals surface area contributed by atoms with E-state index in [-0.39, 0.29) is 22.0 Å². The summed E-state index contributed by atoms with van der Waals surface area (Å²) >= 11 is 0. The summed E-state index contributed by atoms with van der Waals surface area (Å²) < 4.78 is 48.0. The molecule has 0 aliphatic heterocycles. The molecule has 154 valence electrons. The summed E-state index contributed by atoms with van der Waals surface area (Å²) in [6, 6.07) is 17.4. The number of methoxy groups -OCH3 is 1. The molecule has 0 radical (unpaired) electrons. The fraction of sp³-hybridized carbons (Fsp3) is 0.0476. The molecule has 3 aromatic rings. The third-order valence-corrected chi connectivity index (χ3v) is 5.13. The fourth-order valence-electron chi connectivity index (χ4n) is 2.45. The van der Waals surface area contributed by atoms with E-state index in [0.29, 0.717) is 5.56 Å². The first-order valence-corrected chi connectivity index (χ1v) is 10.1. The number of carbonyl (C=O) groups is 1. The standard InChI is InChI=1S/C21H17FN2O5S/c1-28-20-12-15(14-23-24-30(26,27)18-8-3-2-4-9-18)10-11-19(20)29-21(25)16-6-5-7-17(22)13-16/h2-14,24H,1H3. The number of esters is 1. The van der Waals surface area contributed by atoms with E-state index in [9.17, 15) is 17.6 Å². The zero-order chi connectivity index (χ0) is 21.6. The molecule has 0 saturated heterocycles. The molecule has 0 aromatic heterocycles. The van der Waals surface area contributed by atoms with Gasteiger partial charge < -0.3 is 9.47 Å². The summed E-state index contributed by atoms with van der Waals surface area (Å²) in [6.07, 6.45) is 1.28. The number of ether oxygens (including phenoxy) is 2. The van der Waals surface area contributed by atoms with Crippen LogP contribution in [0.3, 0.4) is 0 Å². The molecule has 0 unspecified atom stereocenters. The largest absolute Gasteiger partial charge is 0.493 e. The van der Waals surface area contributed by atoms with Gasteiger partial charge in [0.1, 0.15) is 5.82 Å². The predicted octanol–water partition coefficient (Wildman–Crippen LogP) is 3.37. The predicted molar refractivity (Wildman–Crippen MR) is 109 cm³/mol. The smallest absolute Gasteiger partial charge is 0.343 e. The van der Waals surface area contributed by atoms with Crippen molar-refractivity contribution in [3.63, 3.8) is 0 Å². The molecular formula is C21H17FN2O5S. The molecule has 0 saturated carbocycles. The van der Waals surface area contributed by atoms with Crippen LogP contribution in [0.4, 0.5) is 4.39 Å². The Bertz CT molecular complexity index is 1180. The molecular weight excluding hydrogens is 411 g/mol. The van der Waals surface area contributed by atoms with Gasteiger partial charge in [0.05, 0.1) is 23.8 Å². The lowest BCUT2D eigenvalue weighted by atomic mass is 10.2. The molecule has 0 bridgehead atoms. The van der Waals surface area contributed by atoms with E-state index in [0.717, 1.165) is 6.07 Å². The molecule has 3 rings (SSSR count). The van der Waals surface area contributed by atoms with Gasteiger partial charge in [-0.3, -0.25) is 0 Å².